The van der Waals surface area contributed by atoms with Gasteiger partial charge in [0, 0.05) is 44.4 Å². The lowest BCUT2D eigenvalue weighted by Gasteiger charge is -2.38. The molecule has 1 fully saturated rings. The molecule has 1 atom stereocenters. The Morgan fingerprint density at radius 1 is 1.38 bits per heavy atom. The van der Waals surface area contributed by atoms with Gasteiger partial charge in [-0.1, -0.05) is 0 Å². The highest BCUT2D eigenvalue weighted by atomic mass is 19.1. The van der Waals surface area contributed by atoms with E-state index in [2.05, 4.69) is 29.2 Å². The molecule has 1 aliphatic rings. The Balaban J connectivity index is 2.03. The first-order chi connectivity index (χ1) is 10.0. The zero-order valence-corrected chi connectivity index (χ0v) is 13.0. The van der Waals surface area contributed by atoms with Crippen molar-refractivity contribution in [3.05, 3.63) is 17.9 Å². The van der Waals surface area contributed by atoms with E-state index in [4.69, 9.17) is 10.5 Å². The lowest BCUT2D eigenvalue weighted by Crippen LogP contribution is -2.52. The van der Waals surface area contributed by atoms with Gasteiger partial charge in [0.05, 0.1) is 18.0 Å². The first-order valence-corrected chi connectivity index (χ1v) is 7.35. The third kappa shape index (κ3) is 3.98. The monoisotopic (exact) mass is 296 g/mol. The molecular formula is C15H25FN4O. The van der Waals surface area contributed by atoms with E-state index in [-0.39, 0.29) is 5.75 Å². The molecule has 0 bridgehead atoms. The Labute approximate surface area is 125 Å². The van der Waals surface area contributed by atoms with Crippen molar-refractivity contribution in [1.29, 1.82) is 0 Å². The number of nitrogens with zero attached hydrogens (tertiary/aromatic N) is 2. The summed E-state index contributed by atoms with van der Waals surface area (Å²) in [5.74, 6) is -0.183. The summed E-state index contributed by atoms with van der Waals surface area (Å²) < 4.78 is 19.0. The first-order valence-electron chi connectivity index (χ1n) is 7.35. The number of ether oxygens (including phenoxy) is 1. The summed E-state index contributed by atoms with van der Waals surface area (Å²) in [6.45, 7) is 6.16. The summed E-state index contributed by atoms with van der Waals surface area (Å²) >= 11 is 0. The van der Waals surface area contributed by atoms with Crippen LogP contribution in [0, 0.1) is 5.82 Å². The van der Waals surface area contributed by atoms with Crippen LogP contribution in [0.3, 0.4) is 0 Å². The van der Waals surface area contributed by atoms with Gasteiger partial charge in [0.15, 0.2) is 11.6 Å². The Morgan fingerprint density at radius 3 is 2.86 bits per heavy atom. The summed E-state index contributed by atoms with van der Waals surface area (Å²) in [5, 5.41) is 3.32. The van der Waals surface area contributed by atoms with Gasteiger partial charge in [-0.3, -0.25) is 4.90 Å². The molecule has 1 unspecified atom stereocenters. The number of nitrogens with two attached hydrogens (primary N) is 1. The largest absolute Gasteiger partial charge is 0.491 e. The standard InChI is InChI=1S/C15H25FN4O/c1-4-21-15-8-14(13(17)7-12(15)16)18-9-11-10-19(2)5-6-20(11)3/h7-8,11,18H,4-6,9-10,17H2,1-3H3. The average Bonchev–Trinajstić information content (AvgIpc) is 2.44. The molecular weight excluding hydrogens is 271 g/mol. The Hall–Kier alpha value is -1.53. The quantitative estimate of drug-likeness (QED) is 0.806. The van der Waals surface area contributed by atoms with Crippen molar-refractivity contribution in [3.63, 3.8) is 0 Å². The SMILES string of the molecule is CCOc1cc(NCC2CN(C)CCN2C)c(N)cc1F. The Bertz CT molecular complexity index is 483. The van der Waals surface area contributed by atoms with Crippen LogP contribution in [0.1, 0.15) is 6.92 Å². The third-order valence-corrected chi connectivity index (χ3v) is 3.91. The highest BCUT2D eigenvalue weighted by Crippen LogP contribution is 2.28. The second-order valence-electron chi connectivity index (χ2n) is 5.58. The van der Waals surface area contributed by atoms with Crippen molar-refractivity contribution in [1.82, 2.24) is 9.80 Å². The van der Waals surface area contributed by atoms with Crippen LogP contribution in [0.4, 0.5) is 15.8 Å². The smallest absolute Gasteiger partial charge is 0.167 e. The fourth-order valence-electron chi connectivity index (χ4n) is 2.54. The zero-order valence-electron chi connectivity index (χ0n) is 13.0. The molecule has 0 aromatic heterocycles. The van der Waals surface area contributed by atoms with Crippen molar-refractivity contribution >= 4 is 11.4 Å². The summed E-state index contributed by atoms with van der Waals surface area (Å²) in [7, 11) is 4.25. The second kappa shape index (κ2) is 6.95. The molecule has 0 radical (unpaired) electrons. The number of halogens is 1. The van der Waals surface area contributed by atoms with E-state index in [0.717, 1.165) is 31.9 Å². The molecule has 0 amide bonds. The maximum atomic E-state index is 13.7. The van der Waals surface area contributed by atoms with Gasteiger partial charge in [-0.15, -0.1) is 0 Å². The zero-order chi connectivity index (χ0) is 15.4. The maximum Gasteiger partial charge on any atom is 0.167 e. The molecule has 2 rings (SSSR count). The van der Waals surface area contributed by atoms with Crippen molar-refractivity contribution < 1.29 is 9.13 Å². The molecule has 0 spiro atoms. The molecule has 1 heterocycles. The van der Waals surface area contributed by atoms with Gasteiger partial charge in [-0.2, -0.15) is 0 Å². The molecule has 1 aromatic rings. The number of likely N-dealkylation sites (N-methyl/N-ethyl adjacent to an activating group) is 2. The van der Waals surface area contributed by atoms with E-state index in [1.54, 1.807) is 6.07 Å². The average molecular weight is 296 g/mol. The summed E-state index contributed by atoms with van der Waals surface area (Å²) in [4.78, 5) is 4.64. The lowest BCUT2D eigenvalue weighted by molar-refractivity contribution is 0.122. The molecule has 1 saturated heterocycles. The number of rotatable bonds is 5. The molecule has 6 heteroatoms. The van der Waals surface area contributed by atoms with Gasteiger partial charge in [-0.25, -0.2) is 4.39 Å². The van der Waals surface area contributed by atoms with Crippen LogP contribution in [0.25, 0.3) is 0 Å². The topological polar surface area (TPSA) is 53.8 Å². The number of piperazine rings is 1. The highest BCUT2D eigenvalue weighted by Gasteiger charge is 2.22. The number of hydrogen-bond donors (Lipinski definition) is 2. The van der Waals surface area contributed by atoms with Crippen LogP contribution in [-0.4, -0.2) is 62.7 Å². The number of nitrogen functional groups attached to an aromatic ring is 1. The molecule has 1 aliphatic heterocycles. The molecule has 21 heavy (non-hydrogen) atoms. The fraction of sp³-hybridized carbons (Fsp3) is 0.600. The van der Waals surface area contributed by atoms with E-state index >= 15 is 0 Å². The minimum atomic E-state index is -0.422. The molecule has 118 valence electrons. The maximum absolute atomic E-state index is 13.7. The second-order valence-corrected chi connectivity index (χ2v) is 5.58. The molecule has 0 aliphatic carbocycles. The van der Waals surface area contributed by atoms with Crippen molar-refractivity contribution in [3.8, 4) is 5.75 Å². The van der Waals surface area contributed by atoms with E-state index in [9.17, 15) is 4.39 Å². The van der Waals surface area contributed by atoms with Crippen LogP contribution in [0.15, 0.2) is 12.1 Å². The van der Waals surface area contributed by atoms with Gasteiger partial charge in [0.2, 0.25) is 0 Å². The molecule has 3 N–H and O–H groups in total. The molecule has 0 saturated carbocycles. The lowest BCUT2D eigenvalue weighted by atomic mass is 10.1. The summed E-state index contributed by atoms with van der Waals surface area (Å²) in [6, 6.07) is 3.36. The Morgan fingerprint density at radius 2 is 2.14 bits per heavy atom. The van der Waals surface area contributed by atoms with Crippen molar-refractivity contribution in [2.24, 2.45) is 0 Å². The fourth-order valence-corrected chi connectivity index (χ4v) is 2.54. The minimum absolute atomic E-state index is 0.239. The van der Waals surface area contributed by atoms with Crippen LogP contribution in [0.5, 0.6) is 5.75 Å². The molecule has 5 nitrogen and oxygen atoms in total. The normalized spacial score (nSPS) is 20.5. The minimum Gasteiger partial charge on any atom is -0.491 e. The van der Waals surface area contributed by atoms with E-state index < -0.39 is 5.82 Å². The number of nitrogens with one attached hydrogen (secondary N) is 1. The van der Waals surface area contributed by atoms with E-state index in [0.29, 0.717) is 18.3 Å². The first kappa shape index (κ1) is 15.9. The van der Waals surface area contributed by atoms with Crippen molar-refractivity contribution in [2.75, 3.05) is 57.9 Å². The highest BCUT2D eigenvalue weighted by molar-refractivity contribution is 5.68. The van der Waals surface area contributed by atoms with Crippen LogP contribution < -0.4 is 15.8 Å². The number of hydrogen-bond acceptors (Lipinski definition) is 5. The Kier molecular flexibility index (Phi) is 5.25. The number of anilines is 2. The predicted octanol–water partition coefficient (Wildman–Crippen LogP) is 1.46. The predicted molar refractivity (Wildman–Crippen MR) is 84.4 cm³/mol. The van der Waals surface area contributed by atoms with Gasteiger partial charge in [-0.05, 0) is 21.0 Å². The van der Waals surface area contributed by atoms with E-state index in [1.165, 1.54) is 6.07 Å². The van der Waals surface area contributed by atoms with Gasteiger partial charge in [0.1, 0.15) is 0 Å². The van der Waals surface area contributed by atoms with Crippen LogP contribution in [-0.2, 0) is 0 Å². The van der Waals surface area contributed by atoms with Gasteiger partial charge >= 0.3 is 0 Å². The van der Waals surface area contributed by atoms with Crippen LogP contribution >= 0.6 is 0 Å². The number of benzene rings is 1. The van der Waals surface area contributed by atoms with Gasteiger partial charge < -0.3 is 20.7 Å². The van der Waals surface area contributed by atoms with E-state index in [1.807, 2.05) is 6.92 Å². The summed E-state index contributed by atoms with van der Waals surface area (Å²) in [5.41, 5.74) is 7.01. The van der Waals surface area contributed by atoms with Crippen molar-refractivity contribution in [2.45, 2.75) is 13.0 Å². The van der Waals surface area contributed by atoms with Crippen LogP contribution in [0.2, 0.25) is 0 Å². The van der Waals surface area contributed by atoms with Gasteiger partial charge in [0.25, 0.3) is 0 Å². The third-order valence-electron chi connectivity index (χ3n) is 3.91. The molecule has 1 aromatic carbocycles. The summed E-state index contributed by atoms with van der Waals surface area (Å²) in [6.07, 6.45) is 0.